The minimum Gasteiger partial charge on any atom is -0.481 e. The molecule has 2 aromatic rings. The molecule has 1 N–H and O–H groups in total. The van der Waals surface area contributed by atoms with Gasteiger partial charge in [0.2, 0.25) is 11.8 Å². The number of hydrogen-bond acceptors (Lipinski definition) is 5. The molecule has 0 aliphatic carbocycles. The fourth-order valence-electron chi connectivity index (χ4n) is 1.61. The second-order valence-electron chi connectivity index (χ2n) is 4.25. The van der Waals surface area contributed by atoms with Crippen LogP contribution in [0.4, 0.5) is 0 Å². The normalized spacial score (nSPS) is 10.8. The molecule has 100 valence electrons. The summed E-state index contributed by atoms with van der Waals surface area (Å²) in [5, 5.41) is 16.5. The van der Waals surface area contributed by atoms with Gasteiger partial charge in [-0.15, -0.1) is 10.2 Å². The lowest BCUT2D eigenvalue weighted by molar-refractivity contribution is -0.137. The van der Waals surface area contributed by atoms with Crippen molar-refractivity contribution in [3.05, 3.63) is 36.2 Å². The molecule has 6 nitrogen and oxygen atoms in total. The molecular formula is C13H15N3O3. The summed E-state index contributed by atoms with van der Waals surface area (Å²) in [5.41, 5.74) is 0.870. The second kappa shape index (κ2) is 6.10. The summed E-state index contributed by atoms with van der Waals surface area (Å²) in [5.74, 6) is 0.135. The Balaban J connectivity index is 1.96. The van der Waals surface area contributed by atoms with Gasteiger partial charge in [-0.25, -0.2) is 0 Å². The van der Waals surface area contributed by atoms with Crippen LogP contribution in [0.15, 0.2) is 34.7 Å². The van der Waals surface area contributed by atoms with Gasteiger partial charge in [0.25, 0.3) is 0 Å². The molecule has 0 fully saturated rings. The first kappa shape index (κ1) is 13.2. The molecular weight excluding hydrogens is 246 g/mol. The van der Waals surface area contributed by atoms with Crippen LogP contribution in [-0.2, 0) is 11.3 Å². The minimum atomic E-state index is -0.817. The average Bonchev–Trinajstić information content (AvgIpc) is 2.86. The molecule has 0 unspecified atom stereocenters. The highest BCUT2D eigenvalue weighted by Gasteiger charge is 2.10. The largest absolute Gasteiger partial charge is 0.481 e. The highest BCUT2D eigenvalue weighted by Crippen LogP contribution is 2.17. The lowest BCUT2D eigenvalue weighted by Gasteiger charge is -2.11. The Hall–Kier alpha value is -2.21. The number of nitrogens with zero attached hydrogens (tertiary/aromatic N) is 3. The molecule has 0 amide bonds. The minimum absolute atomic E-state index is 0.0934. The van der Waals surface area contributed by atoms with E-state index in [-0.39, 0.29) is 6.42 Å². The number of aromatic nitrogens is 2. The molecule has 1 aromatic heterocycles. The predicted molar refractivity (Wildman–Crippen MR) is 68.3 cm³/mol. The third-order valence-corrected chi connectivity index (χ3v) is 2.60. The number of hydrogen-bond donors (Lipinski definition) is 1. The third-order valence-electron chi connectivity index (χ3n) is 2.60. The van der Waals surface area contributed by atoms with Crippen LogP contribution in [0.1, 0.15) is 12.3 Å². The Morgan fingerprint density at radius 2 is 2.05 bits per heavy atom. The maximum atomic E-state index is 10.5. The summed E-state index contributed by atoms with van der Waals surface area (Å²) in [6.45, 7) is 0.880. The molecule has 0 aliphatic heterocycles. The van der Waals surface area contributed by atoms with E-state index in [1.165, 1.54) is 0 Å². The van der Waals surface area contributed by atoms with E-state index in [0.29, 0.717) is 24.9 Å². The highest BCUT2D eigenvalue weighted by molar-refractivity contribution is 5.66. The number of aliphatic carboxylic acids is 1. The van der Waals surface area contributed by atoms with Crippen molar-refractivity contribution >= 4 is 5.97 Å². The van der Waals surface area contributed by atoms with E-state index in [1.54, 1.807) is 0 Å². The van der Waals surface area contributed by atoms with Crippen LogP contribution in [0.25, 0.3) is 11.5 Å². The van der Waals surface area contributed by atoms with Crippen LogP contribution < -0.4 is 0 Å². The highest BCUT2D eigenvalue weighted by atomic mass is 16.4. The van der Waals surface area contributed by atoms with Crippen LogP contribution in [0, 0.1) is 0 Å². The van der Waals surface area contributed by atoms with Crippen LogP contribution in [-0.4, -0.2) is 39.8 Å². The van der Waals surface area contributed by atoms with E-state index in [1.807, 2.05) is 42.3 Å². The summed E-state index contributed by atoms with van der Waals surface area (Å²) < 4.78 is 5.54. The van der Waals surface area contributed by atoms with E-state index in [2.05, 4.69) is 10.2 Å². The predicted octanol–water partition coefficient (Wildman–Crippen LogP) is 1.64. The maximum absolute atomic E-state index is 10.5. The van der Waals surface area contributed by atoms with Gasteiger partial charge in [-0.05, 0) is 19.2 Å². The van der Waals surface area contributed by atoms with Crippen LogP contribution in [0.5, 0.6) is 0 Å². The summed E-state index contributed by atoms with van der Waals surface area (Å²) >= 11 is 0. The van der Waals surface area contributed by atoms with Gasteiger partial charge in [-0.3, -0.25) is 9.69 Å². The molecule has 0 saturated carbocycles. The molecule has 0 saturated heterocycles. The van der Waals surface area contributed by atoms with Crippen LogP contribution in [0.3, 0.4) is 0 Å². The van der Waals surface area contributed by atoms with Gasteiger partial charge in [-0.1, -0.05) is 18.2 Å². The van der Waals surface area contributed by atoms with Gasteiger partial charge in [0.15, 0.2) is 0 Å². The van der Waals surface area contributed by atoms with Gasteiger partial charge >= 0.3 is 5.97 Å². The summed E-state index contributed by atoms with van der Waals surface area (Å²) in [4.78, 5) is 12.3. The molecule has 0 bridgehead atoms. The molecule has 1 heterocycles. The Morgan fingerprint density at radius 1 is 1.32 bits per heavy atom. The number of carbonyl (C=O) groups is 1. The standard InChI is InChI=1S/C13H15N3O3/c1-16(8-7-12(17)18)9-11-14-15-13(19-11)10-5-3-2-4-6-10/h2-6H,7-9H2,1H3,(H,17,18). The topological polar surface area (TPSA) is 79.5 Å². The molecule has 1 aromatic carbocycles. The number of benzene rings is 1. The Labute approximate surface area is 110 Å². The zero-order chi connectivity index (χ0) is 13.7. The quantitative estimate of drug-likeness (QED) is 0.851. The van der Waals surface area contributed by atoms with Gasteiger partial charge in [0, 0.05) is 12.1 Å². The smallest absolute Gasteiger partial charge is 0.304 e. The molecule has 6 heteroatoms. The van der Waals surface area contributed by atoms with Gasteiger partial charge < -0.3 is 9.52 Å². The Kier molecular flexibility index (Phi) is 4.25. The first-order valence-corrected chi connectivity index (χ1v) is 5.93. The van der Waals surface area contributed by atoms with Crippen molar-refractivity contribution in [2.45, 2.75) is 13.0 Å². The van der Waals surface area contributed by atoms with E-state index < -0.39 is 5.97 Å². The van der Waals surface area contributed by atoms with E-state index in [9.17, 15) is 4.79 Å². The van der Waals surface area contributed by atoms with Crippen molar-refractivity contribution in [1.82, 2.24) is 15.1 Å². The first-order chi connectivity index (χ1) is 9.15. The van der Waals surface area contributed by atoms with Gasteiger partial charge in [0.05, 0.1) is 13.0 Å². The number of carboxylic acid groups (broad SMARTS) is 1. The molecule has 19 heavy (non-hydrogen) atoms. The lowest BCUT2D eigenvalue weighted by Crippen LogP contribution is -2.21. The van der Waals surface area contributed by atoms with Crippen molar-refractivity contribution in [2.24, 2.45) is 0 Å². The van der Waals surface area contributed by atoms with Crippen molar-refractivity contribution in [3.8, 4) is 11.5 Å². The Morgan fingerprint density at radius 3 is 2.74 bits per heavy atom. The van der Waals surface area contributed by atoms with Crippen molar-refractivity contribution in [1.29, 1.82) is 0 Å². The maximum Gasteiger partial charge on any atom is 0.304 e. The SMILES string of the molecule is CN(CCC(=O)O)Cc1nnc(-c2ccccc2)o1. The van der Waals surface area contributed by atoms with E-state index in [0.717, 1.165) is 5.56 Å². The summed E-state index contributed by atoms with van der Waals surface area (Å²) in [6, 6.07) is 9.51. The molecule has 0 aliphatic rings. The van der Waals surface area contributed by atoms with Gasteiger partial charge in [0.1, 0.15) is 0 Å². The zero-order valence-electron chi connectivity index (χ0n) is 10.6. The van der Waals surface area contributed by atoms with E-state index >= 15 is 0 Å². The van der Waals surface area contributed by atoms with Crippen molar-refractivity contribution < 1.29 is 14.3 Å². The fourth-order valence-corrected chi connectivity index (χ4v) is 1.61. The molecule has 0 spiro atoms. The zero-order valence-corrected chi connectivity index (χ0v) is 10.6. The lowest BCUT2D eigenvalue weighted by atomic mass is 10.2. The average molecular weight is 261 g/mol. The Bertz CT molecular complexity index is 539. The van der Waals surface area contributed by atoms with Gasteiger partial charge in [-0.2, -0.15) is 0 Å². The van der Waals surface area contributed by atoms with E-state index in [4.69, 9.17) is 9.52 Å². The summed E-state index contributed by atoms with van der Waals surface area (Å²) in [7, 11) is 1.81. The molecule has 0 radical (unpaired) electrons. The first-order valence-electron chi connectivity index (χ1n) is 5.93. The summed E-state index contributed by atoms with van der Waals surface area (Å²) in [6.07, 6.45) is 0.0934. The van der Waals surface area contributed by atoms with Crippen LogP contribution in [0.2, 0.25) is 0 Å². The molecule has 2 rings (SSSR count). The van der Waals surface area contributed by atoms with Crippen molar-refractivity contribution in [2.75, 3.05) is 13.6 Å². The monoisotopic (exact) mass is 261 g/mol. The second-order valence-corrected chi connectivity index (χ2v) is 4.25. The number of rotatable bonds is 6. The van der Waals surface area contributed by atoms with Crippen molar-refractivity contribution in [3.63, 3.8) is 0 Å². The number of carboxylic acids is 1. The fraction of sp³-hybridized carbons (Fsp3) is 0.308. The van der Waals surface area contributed by atoms with Crippen LogP contribution >= 0.6 is 0 Å². The third kappa shape index (κ3) is 3.89. The molecule has 0 atom stereocenters.